The molecule has 0 spiro atoms. The van der Waals surface area contributed by atoms with E-state index in [4.69, 9.17) is 10.5 Å². The van der Waals surface area contributed by atoms with Crippen LogP contribution in [0.2, 0.25) is 0 Å². The maximum absolute atomic E-state index is 5.51. The van der Waals surface area contributed by atoms with Gasteiger partial charge in [0, 0.05) is 13.2 Å². The zero-order valence-corrected chi connectivity index (χ0v) is 10.2. The largest absolute Gasteiger partial charge is 0.381 e. The average molecular weight is 214 g/mol. The van der Waals surface area contributed by atoms with E-state index < -0.39 is 0 Å². The lowest BCUT2D eigenvalue weighted by Crippen LogP contribution is -2.45. The van der Waals surface area contributed by atoms with Crippen LogP contribution in [0.15, 0.2) is 0 Å². The molecular weight excluding hydrogens is 188 g/mol. The Balaban J connectivity index is 1.86. The molecule has 0 heterocycles. The van der Waals surface area contributed by atoms with E-state index in [9.17, 15) is 0 Å². The van der Waals surface area contributed by atoms with Gasteiger partial charge < -0.3 is 15.8 Å². The molecule has 0 aromatic rings. The van der Waals surface area contributed by atoms with Crippen molar-refractivity contribution in [3.05, 3.63) is 0 Å². The van der Waals surface area contributed by atoms with Gasteiger partial charge in [-0.1, -0.05) is 6.92 Å². The Morgan fingerprint density at radius 3 is 2.73 bits per heavy atom. The summed E-state index contributed by atoms with van der Waals surface area (Å²) in [4.78, 5) is 0. The lowest BCUT2D eigenvalue weighted by molar-refractivity contribution is 0.0174. The Labute approximate surface area is 93.8 Å². The molecule has 0 radical (unpaired) electrons. The number of nitrogens with one attached hydrogen (secondary N) is 1. The van der Waals surface area contributed by atoms with E-state index in [2.05, 4.69) is 12.2 Å². The van der Waals surface area contributed by atoms with Crippen LogP contribution in [-0.2, 0) is 4.74 Å². The van der Waals surface area contributed by atoms with Crippen molar-refractivity contribution < 1.29 is 4.74 Å². The minimum Gasteiger partial charge on any atom is -0.381 e. The van der Waals surface area contributed by atoms with Crippen LogP contribution in [0.3, 0.4) is 0 Å². The van der Waals surface area contributed by atoms with E-state index in [1.165, 1.54) is 25.7 Å². The molecule has 1 aliphatic rings. The van der Waals surface area contributed by atoms with Gasteiger partial charge in [-0.2, -0.15) is 0 Å². The molecule has 0 amide bonds. The van der Waals surface area contributed by atoms with Gasteiger partial charge in [-0.15, -0.1) is 0 Å². The Kier molecular flexibility index (Phi) is 6.22. The third-order valence-electron chi connectivity index (χ3n) is 3.39. The molecule has 0 saturated heterocycles. The molecule has 0 bridgehead atoms. The summed E-state index contributed by atoms with van der Waals surface area (Å²) in [7, 11) is 1.80. The van der Waals surface area contributed by atoms with Gasteiger partial charge in [0.25, 0.3) is 0 Å². The first-order chi connectivity index (χ1) is 7.26. The molecule has 1 fully saturated rings. The van der Waals surface area contributed by atoms with Crippen molar-refractivity contribution in [3.63, 3.8) is 0 Å². The summed E-state index contributed by atoms with van der Waals surface area (Å²) in [6, 6.07) is 0.708. The van der Waals surface area contributed by atoms with Gasteiger partial charge in [0.15, 0.2) is 0 Å². The van der Waals surface area contributed by atoms with E-state index >= 15 is 0 Å². The van der Waals surface area contributed by atoms with Crippen LogP contribution in [0.1, 0.15) is 39.0 Å². The standard InChI is InChI=1S/C12H26N2O/c1-10(5-6-13)4-3-7-14-11-8-12(9-11)15-2/h10-12,14H,3-9,13H2,1-2H3. The molecule has 0 aromatic carbocycles. The van der Waals surface area contributed by atoms with Gasteiger partial charge >= 0.3 is 0 Å². The van der Waals surface area contributed by atoms with Gasteiger partial charge in [-0.25, -0.2) is 0 Å². The van der Waals surface area contributed by atoms with Crippen molar-refractivity contribution in [1.29, 1.82) is 0 Å². The smallest absolute Gasteiger partial charge is 0.0601 e. The maximum atomic E-state index is 5.51. The Morgan fingerprint density at radius 2 is 2.13 bits per heavy atom. The third-order valence-corrected chi connectivity index (χ3v) is 3.39. The molecule has 3 heteroatoms. The van der Waals surface area contributed by atoms with E-state index in [1.54, 1.807) is 7.11 Å². The predicted molar refractivity (Wildman–Crippen MR) is 63.9 cm³/mol. The lowest BCUT2D eigenvalue weighted by Gasteiger charge is -2.34. The van der Waals surface area contributed by atoms with E-state index in [-0.39, 0.29) is 0 Å². The molecule has 15 heavy (non-hydrogen) atoms. The number of nitrogens with two attached hydrogens (primary N) is 1. The number of ether oxygens (including phenoxy) is 1. The van der Waals surface area contributed by atoms with Crippen LogP contribution >= 0.6 is 0 Å². The topological polar surface area (TPSA) is 47.3 Å². The fourth-order valence-electron chi connectivity index (χ4n) is 2.11. The molecule has 1 atom stereocenters. The lowest BCUT2D eigenvalue weighted by atomic mass is 9.89. The number of hydrogen-bond donors (Lipinski definition) is 2. The molecule has 1 unspecified atom stereocenters. The normalized spacial score (nSPS) is 27.4. The zero-order valence-electron chi connectivity index (χ0n) is 10.2. The van der Waals surface area contributed by atoms with Gasteiger partial charge in [0.2, 0.25) is 0 Å². The highest BCUT2D eigenvalue weighted by atomic mass is 16.5. The fourth-order valence-corrected chi connectivity index (χ4v) is 2.11. The molecule has 3 N–H and O–H groups in total. The van der Waals surface area contributed by atoms with Crippen LogP contribution in [0.4, 0.5) is 0 Å². The van der Waals surface area contributed by atoms with Crippen molar-refractivity contribution in [1.82, 2.24) is 5.32 Å². The van der Waals surface area contributed by atoms with Crippen LogP contribution in [-0.4, -0.2) is 32.3 Å². The first-order valence-corrected chi connectivity index (χ1v) is 6.22. The summed E-state index contributed by atoms with van der Waals surface area (Å²) in [5.41, 5.74) is 5.51. The average Bonchev–Trinajstić information content (AvgIpc) is 2.15. The highest BCUT2D eigenvalue weighted by Gasteiger charge is 2.27. The molecule has 3 nitrogen and oxygen atoms in total. The second-order valence-corrected chi connectivity index (χ2v) is 4.80. The Hall–Kier alpha value is -0.120. The molecule has 0 aromatic heterocycles. The SMILES string of the molecule is COC1CC(NCCCC(C)CCN)C1. The van der Waals surface area contributed by atoms with Gasteiger partial charge in [0.1, 0.15) is 0 Å². The van der Waals surface area contributed by atoms with Crippen LogP contribution in [0, 0.1) is 5.92 Å². The van der Waals surface area contributed by atoms with E-state index in [0.29, 0.717) is 12.1 Å². The third kappa shape index (κ3) is 4.96. The van der Waals surface area contributed by atoms with Crippen LogP contribution in [0.25, 0.3) is 0 Å². The van der Waals surface area contributed by atoms with Crippen molar-refractivity contribution in [3.8, 4) is 0 Å². The molecule has 1 saturated carbocycles. The van der Waals surface area contributed by atoms with Gasteiger partial charge in [-0.3, -0.25) is 0 Å². The number of hydrogen-bond acceptors (Lipinski definition) is 3. The molecule has 1 rings (SSSR count). The molecule has 90 valence electrons. The maximum Gasteiger partial charge on any atom is 0.0601 e. The Morgan fingerprint density at radius 1 is 1.40 bits per heavy atom. The molecule has 1 aliphatic carbocycles. The minimum atomic E-state index is 0.513. The van der Waals surface area contributed by atoms with Crippen molar-refractivity contribution in [2.75, 3.05) is 20.2 Å². The fraction of sp³-hybridized carbons (Fsp3) is 1.00. The monoisotopic (exact) mass is 214 g/mol. The van der Waals surface area contributed by atoms with E-state index in [1.807, 2.05) is 0 Å². The zero-order chi connectivity index (χ0) is 11.1. The van der Waals surface area contributed by atoms with Crippen LogP contribution in [0.5, 0.6) is 0 Å². The number of rotatable bonds is 8. The van der Waals surface area contributed by atoms with Gasteiger partial charge in [-0.05, 0) is 51.1 Å². The van der Waals surface area contributed by atoms with Crippen LogP contribution < -0.4 is 11.1 Å². The quantitative estimate of drug-likeness (QED) is 0.602. The molecular formula is C12H26N2O. The summed E-state index contributed by atoms with van der Waals surface area (Å²) >= 11 is 0. The van der Waals surface area contributed by atoms with Gasteiger partial charge in [0.05, 0.1) is 6.10 Å². The summed E-state index contributed by atoms with van der Waals surface area (Å²) in [6.07, 6.45) is 6.62. The van der Waals surface area contributed by atoms with Crippen molar-refractivity contribution >= 4 is 0 Å². The minimum absolute atomic E-state index is 0.513. The predicted octanol–water partition coefficient (Wildman–Crippen LogP) is 1.52. The van der Waals surface area contributed by atoms with Crippen molar-refractivity contribution in [2.24, 2.45) is 11.7 Å². The summed E-state index contributed by atoms with van der Waals surface area (Å²) in [6.45, 7) is 4.26. The molecule has 0 aliphatic heterocycles. The summed E-state index contributed by atoms with van der Waals surface area (Å²) in [5.74, 6) is 0.782. The Bertz CT molecular complexity index is 158. The highest BCUT2D eigenvalue weighted by Crippen LogP contribution is 2.22. The highest BCUT2D eigenvalue weighted by molar-refractivity contribution is 4.85. The first kappa shape index (κ1) is 12.9. The van der Waals surface area contributed by atoms with E-state index in [0.717, 1.165) is 25.4 Å². The van der Waals surface area contributed by atoms with Crippen molar-refractivity contribution in [2.45, 2.75) is 51.2 Å². The second-order valence-electron chi connectivity index (χ2n) is 4.80. The number of methoxy groups -OCH3 is 1. The summed E-state index contributed by atoms with van der Waals surface area (Å²) in [5, 5.41) is 3.57. The first-order valence-electron chi connectivity index (χ1n) is 6.22. The second kappa shape index (κ2) is 7.20. The summed E-state index contributed by atoms with van der Waals surface area (Å²) < 4.78 is 5.24.